The topological polar surface area (TPSA) is 29.5 Å². The number of nitrogens with zero attached hydrogens (tertiary/aromatic N) is 1. The van der Waals surface area contributed by atoms with Crippen molar-refractivity contribution < 1.29 is 9.53 Å². The number of carbonyl (C=O) groups is 1. The molecule has 0 radical (unpaired) electrons. The predicted molar refractivity (Wildman–Crippen MR) is 56.0 cm³/mol. The maximum Gasteiger partial charge on any atom is 0.330 e. The van der Waals surface area contributed by atoms with E-state index in [1.165, 1.54) is 13.2 Å². The molecule has 1 atom stereocenters. The minimum atomic E-state index is -0.256. The normalized spacial score (nSPS) is 23.6. The summed E-state index contributed by atoms with van der Waals surface area (Å²) in [5.74, 6) is 0.254. The standard InChI is InChI=1S/C11H19NO2/c1-9(2)12-7-6-10(8-12)4-5-11(13)14-3/h4-5,9-10H,6-8H2,1-3H3/b5-4-. The molecule has 0 amide bonds. The van der Waals surface area contributed by atoms with Crippen molar-refractivity contribution in [1.29, 1.82) is 0 Å². The number of esters is 1. The fraction of sp³-hybridized carbons (Fsp3) is 0.727. The van der Waals surface area contributed by atoms with Crippen molar-refractivity contribution in [3.05, 3.63) is 12.2 Å². The van der Waals surface area contributed by atoms with E-state index in [9.17, 15) is 4.79 Å². The minimum Gasteiger partial charge on any atom is -0.466 e. The summed E-state index contributed by atoms with van der Waals surface area (Å²) in [4.78, 5) is 13.3. The fourth-order valence-corrected chi connectivity index (χ4v) is 1.72. The van der Waals surface area contributed by atoms with Crippen LogP contribution in [0.4, 0.5) is 0 Å². The van der Waals surface area contributed by atoms with Crippen LogP contribution in [0.2, 0.25) is 0 Å². The largest absolute Gasteiger partial charge is 0.466 e. The third kappa shape index (κ3) is 3.14. The molecule has 1 unspecified atom stereocenters. The summed E-state index contributed by atoms with van der Waals surface area (Å²) < 4.78 is 4.54. The van der Waals surface area contributed by atoms with E-state index < -0.39 is 0 Å². The quantitative estimate of drug-likeness (QED) is 0.506. The van der Waals surface area contributed by atoms with Gasteiger partial charge in [-0.3, -0.25) is 0 Å². The maximum absolute atomic E-state index is 10.9. The molecule has 0 aliphatic carbocycles. The van der Waals surface area contributed by atoms with E-state index >= 15 is 0 Å². The lowest BCUT2D eigenvalue weighted by Crippen LogP contribution is -2.27. The molecular weight excluding hydrogens is 178 g/mol. The van der Waals surface area contributed by atoms with Gasteiger partial charge in [0.2, 0.25) is 0 Å². The number of methoxy groups -OCH3 is 1. The van der Waals surface area contributed by atoms with Gasteiger partial charge in [0.25, 0.3) is 0 Å². The van der Waals surface area contributed by atoms with Crippen LogP contribution in [0.1, 0.15) is 20.3 Å². The van der Waals surface area contributed by atoms with E-state index in [-0.39, 0.29) is 5.97 Å². The second-order valence-electron chi connectivity index (χ2n) is 4.02. The molecule has 0 aromatic rings. The highest BCUT2D eigenvalue weighted by Crippen LogP contribution is 2.19. The Morgan fingerprint density at radius 3 is 2.79 bits per heavy atom. The van der Waals surface area contributed by atoms with Crippen LogP contribution in [-0.2, 0) is 9.53 Å². The van der Waals surface area contributed by atoms with Gasteiger partial charge in [-0.05, 0) is 32.7 Å². The summed E-state index contributed by atoms with van der Waals surface area (Å²) in [6.45, 7) is 6.60. The molecule has 14 heavy (non-hydrogen) atoms. The van der Waals surface area contributed by atoms with Gasteiger partial charge in [0, 0.05) is 18.7 Å². The van der Waals surface area contributed by atoms with Crippen molar-refractivity contribution in [1.82, 2.24) is 4.90 Å². The Kier molecular flexibility index (Phi) is 4.14. The second kappa shape index (κ2) is 5.15. The van der Waals surface area contributed by atoms with Gasteiger partial charge in [-0.25, -0.2) is 4.79 Å². The highest BCUT2D eigenvalue weighted by atomic mass is 16.5. The van der Waals surface area contributed by atoms with Crippen molar-refractivity contribution in [2.45, 2.75) is 26.3 Å². The number of hydrogen-bond acceptors (Lipinski definition) is 3. The average Bonchev–Trinajstić information content (AvgIpc) is 2.62. The summed E-state index contributed by atoms with van der Waals surface area (Å²) in [6.07, 6.45) is 4.65. The van der Waals surface area contributed by atoms with Crippen molar-refractivity contribution in [3.8, 4) is 0 Å². The zero-order valence-corrected chi connectivity index (χ0v) is 9.19. The Morgan fingerprint density at radius 2 is 2.29 bits per heavy atom. The van der Waals surface area contributed by atoms with Gasteiger partial charge in [0.1, 0.15) is 0 Å². The smallest absolute Gasteiger partial charge is 0.330 e. The van der Waals surface area contributed by atoms with Crippen LogP contribution in [0.5, 0.6) is 0 Å². The van der Waals surface area contributed by atoms with Crippen LogP contribution >= 0.6 is 0 Å². The highest BCUT2D eigenvalue weighted by molar-refractivity contribution is 5.81. The van der Waals surface area contributed by atoms with Crippen LogP contribution < -0.4 is 0 Å². The summed E-state index contributed by atoms with van der Waals surface area (Å²) in [6, 6.07) is 0.603. The number of ether oxygens (including phenoxy) is 1. The Hall–Kier alpha value is -0.830. The zero-order chi connectivity index (χ0) is 10.6. The molecule has 1 fully saturated rings. The minimum absolute atomic E-state index is 0.256. The fourth-order valence-electron chi connectivity index (χ4n) is 1.72. The van der Waals surface area contributed by atoms with Gasteiger partial charge in [-0.15, -0.1) is 0 Å². The number of hydrogen-bond donors (Lipinski definition) is 0. The predicted octanol–water partition coefficient (Wildman–Crippen LogP) is 1.45. The van der Waals surface area contributed by atoms with Crippen LogP contribution in [0, 0.1) is 5.92 Å². The molecular formula is C11H19NO2. The molecule has 1 heterocycles. The molecule has 0 N–H and O–H groups in total. The summed E-state index contributed by atoms with van der Waals surface area (Å²) in [7, 11) is 1.40. The lowest BCUT2D eigenvalue weighted by molar-refractivity contribution is -0.134. The van der Waals surface area contributed by atoms with E-state index in [2.05, 4.69) is 23.5 Å². The first-order valence-corrected chi connectivity index (χ1v) is 5.13. The van der Waals surface area contributed by atoms with Gasteiger partial charge in [0.05, 0.1) is 7.11 Å². The molecule has 0 bridgehead atoms. The lowest BCUT2D eigenvalue weighted by Gasteiger charge is -2.19. The second-order valence-corrected chi connectivity index (χ2v) is 4.02. The first-order valence-electron chi connectivity index (χ1n) is 5.13. The van der Waals surface area contributed by atoms with Gasteiger partial charge >= 0.3 is 5.97 Å². The highest BCUT2D eigenvalue weighted by Gasteiger charge is 2.22. The van der Waals surface area contributed by atoms with Crippen molar-refractivity contribution in [2.75, 3.05) is 20.2 Å². The van der Waals surface area contributed by atoms with E-state index in [4.69, 9.17) is 0 Å². The van der Waals surface area contributed by atoms with Crippen LogP contribution in [-0.4, -0.2) is 37.1 Å². The first kappa shape index (κ1) is 11.2. The van der Waals surface area contributed by atoms with Crippen LogP contribution in [0.3, 0.4) is 0 Å². The van der Waals surface area contributed by atoms with Gasteiger partial charge in [-0.2, -0.15) is 0 Å². The van der Waals surface area contributed by atoms with E-state index in [1.54, 1.807) is 0 Å². The third-order valence-electron chi connectivity index (χ3n) is 2.69. The molecule has 0 spiro atoms. The monoisotopic (exact) mass is 197 g/mol. The molecule has 80 valence electrons. The summed E-state index contributed by atoms with van der Waals surface area (Å²) >= 11 is 0. The molecule has 1 aliphatic heterocycles. The Labute approximate surface area is 85.7 Å². The third-order valence-corrected chi connectivity index (χ3v) is 2.69. The van der Waals surface area contributed by atoms with Gasteiger partial charge < -0.3 is 9.64 Å². The molecule has 0 saturated carbocycles. The summed E-state index contributed by atoms with van der Waals surface area (Å²) in [5, 5.41) is 0. The van der Waals surface area contributed by atoms with E-state index in [0.29, 0.717) is 12.0 Å². The Bertz CT molecular complexity index is 223. The zero-order valence-electron chi connectivity index (χ0n) is 9.19. The van der Waals surface area contributed by atoms with Gasteiger partial charge in [-0.1, -0.05) is 6.08 Å². The first-order chi connectivity index (χ1) is 6.63. The Balaban J connectivity index is 2.35. The van der Waals surface area contributed by atoms with Crippen molar-refractivity contribution >= 4 is 5.97 Å². The maximum atomic E-state index is 10.9. The number of carbonyl (C=O) groups excluding carboxylic acids is 1. The van der Waals surface area contributed by atoms with Crippen molar-refractivity contribution in [2.24, 2.45) is 5.92 Å². The summed E-state index contributed by atoms with van der Waals surface area (Å²) in [5.41, 5.74) is 0. The molecule has 1 saturated heterocycles. The number of likely N-dealkylation sites (tertiary alicyclic amines) is 1. The van der Waals surface area contributed by atoms with E-state index in [0.717, 1.165) is 19.5 Å². The molecule has 3 nitrogen and oxygen atoms in total. The van der Waals surface area contributed by atoms with Gasteiger partial charge in [0.15, 0.2) is 0 Å². The molecule has 1 rings (SSSR count). The van der Waals surface area contributed by atoms with Crippen LogP contribution in [0.15, 0.2) is 12.2 Å². The van der Waals surface area contributed by atoms with E-state index in [1.807, 2.05) is 6.08 Å². The Morgan fingerprint density at radius 1 is 1.57 bits per heavy atom. The molecule has 3 heteroatoms. The number of rotatable bonds is 3. The van der Waals surface area contributed by atoms with Crippen LogP contribution in [0.25, 0.3) is 0 Å². The SMILES string of the molecule is COC(=O)/C=C\C1CCN(C(C)C)C1. The van der Waals surface area contributed by atoms with Crippen molar-refractivity contribution in [3.63, 3.8) is 0 Å². The molecule has 1 aliphatic rings. The lowest BCUT2D eigenvalue weighted by atomic mass is 10.1. The molecule has 0 aromatic carbocycles. The molecule has 0 aromatic heterocycles. The average molecular weight is 197 g/mol.